The van der Waals surface area contributed by atoms with Crippen LogP contribution < -0.4 is 5.73 Å². The molecular weight excluding hydrogens is 250 g/mol. The standard InChI is InChI=1S/C8H9N3O5S/c1-2-3-16-17(14,15)7-4-8(9)10-5-6(7)11(12)13/h2,4-5H,1,3H2,(H2,9,10). The number of nitro groups is 1. The summed E-state index contributed by atoms with van der Waals surface area (Å²) >= 11 is 0. The zero-order valence-corrected chi connectivity index (χ0v) is 9.38. The minimum Gasteiger partial charge on any atom is -0.384 e. The zero-order valence-electron chi connectivity index (χ0n) is 8.57. The Morgan fingerprint density at radius 3 is 2.82 bits per heavy atom. The third kappa shape index (κ3) is 2.98. The first-order valence-corrected chi connectivity index (χ1v) is 5.69. The summed E-state index contributed by atoms with van der Waals surface area (Å²) in [6.07, 6.45) is 1.97. The second-order valence-electron chi connectivity index (χ2n) is 2.86. The Balaban J connectivity index is 3.33. The molecule has 0 saturated heterocycles. The molecule has 0 saturated carbocycles. The van der Waals surface area contributed by atoms with E-state index in [-0.39, 0.29) is 12.4 Å². The highest BCUT2D eigenvalue weighted by molar-refractivity contribution is 7.87. The molecule has 0 radical (unpaired) electrons. The van der Waals surface area contributed by atoms with Crippen molar-refractivity contribution in [3.63, 3.8) is 0 Å². The maximum Gasteiger partial charge on any atom is 0.308 e. The number of hydrogen-bond donors (Lipinski definition) is 1. The summed E-state index contributed by atoms with van der Waals surface area (Å²) in [6, 6.07) is 0.872. The SMILES string of the molecule is C=CCOS(=O)(=O)c1cc(N)ncc1[N+](=O)[O-]. The van der Waals surface area contributed by atoms with Crippen molar-refractivity contribution >= 4 is 21.6 Å². The molecule has 0 amide bonds. The largest absolute Gasteiger partial charge is 0.384 e. The normalized spacial score (nSPS) is 11.1. The lowest BCUT2D eigenvalue weighted by atomic mass is 10.4. The van der Waals surface area contributed by atoms with E-state index in [2.05, 4.69) is 15.7 Å². The molecule has 92 valence electrons. The van der Waals surface area contributed by atoms with Crippen molar-refractivity contribution in [3.8, 4) is 0 Å². The summed E-state index contributed by atoms with van der Waals surface area (Å²) in [5.41, 5.74) is 4.59. The molecule has 0 aliphatic heterocycles. The number of rotatable bonds is 5. The van der Waals surface area contributed by atoms with Crippen LogP contribution in [0.1, 0.15) is 0 Å². The van der Waals surface area contributed by atoms with E-state index in [4.69, 9.17) is 5.73 Å². The van der Waals surface area contributed by atoms with E-state index in [0.29, 0.717) is 0 Å². The van der Waals surface area contributed by atoms with Crippen LogP contribution in [0.4, 0.5) is 11.5 Å². The van der Waals surface area contributed by atoms with Gasteiger partial charge >= 0.3 is 15.8 Å². The van der Waals surface area contributed by atoms with Crippen molar-refractivity contribution in [2.75, 3.05) is 12.3 Å². The summed E-state index contributed by atoms with van der Waals surface area (Å²) < 4.78 is 27.7. The van der Waals surface area contributed by atoms with Gasteiger partial charge in [-0.2, -0.15) is 8.42 Å². The maximum atomic E-state index is 11.6. The minimum atomic E-state index is -4.25. The molecule has 17 heavy (non-hydrogen) atoms. The Kier molecular flexibility index (Phi) is 3.76. The van der Waals surface area contributed by atoms with Gasteiger partial charge in [0.05, 0.1) is 11.5 Å². The van der Waals surface area contributed by atoms with E-state index in [9.17, 15) is 18.5 Å². The van der Waals surface area contributed by atoms with E-state index >= 15 is 0 Å². The average molecular weight is 259 g/mol. The van der Waals surface area contributed by atoms with Crippen molar-refractivity contribution in [1.29, 1.82) is 0 Å². The van der Waals surface area contributed by atoms with Crippen LogP contribution in [0.25, 0.3) is 0 Å². The minimum absolute atomic E-state index is 0.156. The first-order chi connectivity index (χ1) is 7.88. The first kappa shape index (κ1) is 13.1. The van der Waals surface area contributed by atoms with Gasteiger partial charge in [-0.3, -0.25) is 14.3 Å². The second-order valence-corrected chi connectivity index (χ2v) is 4.45. The number of pyridine rings is 1. The quantitative estimate of drug-likeness (QED) is 0.352. The molecule has 2 N–H and O–H groups in total. The third-order valence-corrected chi connectivity index (χ3v) is 2.99. The van der Waals surface area contributed by atoms with Gasteiger partial charge in [0.2, 0.25) is 0 Å². The van der Waals surface area contributed by atoms with Crippen LogP contribution >= 0.6 is 0 Å². The van der Waals surface area contributed by atoms with Gasteiger partial charge in [-0.25, -0.2) is 4.98 Å². The lowest BCUT2D eigenvalue weighted by Crippen LogP contribution is -2.10. The molecule has 1 aromatic heterocycles. The van der Waals surface area contributed by atoms with Crippen molar-refractivity contribution in [2.24, 2.45) is 0 Å². The third-order valence-electron chi connectivity index (χ3n) is 1.67. The van der Waals surface area contributed by atoms with E-state index in [0.717, 1.165) is 12.3 Å². The Morgan fingerprint density at radius 1 is 1.65 bits per heavy atom. The zero-order chi connectivity index (χ0) is 13.1. The molecule has 0 bridgehead atoms. The van der Waals surface area contributed by atoms with Crippen LogP contribution in [0.5, 0.6) is 0 Å². The lowest BCUT2D eigenvalue weighted by Gasteiger charge is -2.04. The van der Waals surface area contributed by atoms with Gasteiger partial charge < -0.3 is 5.73 Å². The van der Waals surface area contributed by atoms with Crippen LogP contribution in [0.2, 0.25) is 0 Å². The van der Waals surface area contributed by atoms with Crippen LogP contribution in [0.15, 0.2) is 29.8 Å². The predicted octanol–water partition coefficient (Wildman–Crippen LogP) is 0.463. The number of nitrogen functional groups attached to an aromatic ring is 1. The highest BCUT2D eigenvalue weighted by Gasteiger charge is 2.27. The number of aromatic nitrogens is 1. The lowest BCUT2D eigenvalue weighted by molar-refractivity contribution is -0.388. The molecule has 9 heteroatoms. The molecule has 8 nitrogen and oxygen atoms in total. The van der Waals surface area contributed by atoms with Crippen LogP contribution in [-0.2, 0) is 14.3 Å². The van der Waals surface area contributed by atoms with Gasteiger partial charge in [0, 0.05) is 6.07 Å². The topological polar surface area (TPSA) is 125 Å². The van der Waals surface area contributed by atoms with Crippen molar-refractivity contribution in [2.45, 2.75) is 4.90 Å². The highest BCUT2D eigenvalue weighted by atomic mass is 32.2. The Morgan fingerprint density at radius 2 is 2.29 bits per heavy atom. The summed E-state index contributed by atoms with van der Waals surface area (Å²) in [5.74, 6) is -0.156. The molecule has 0 unspecified atom stereocenters. The van der Waals surface area contributed by atoms with E-state index in [1.165, 1.54) is 6.08 Å². The van der Waals surface area contributed by atoms with E-state index in [1.54, 1.807) is 0 Å². The first-order valence-electron chi connectivity index (χ1n) is 4.28. The monoisotopic (exact) mass is 259 g/mol. The number of nitrogens with zero attached hydrogens (tertiary/aromatic N) is 2. The van der Waals surface area contributed by atoms with Gasteiger partial charge in [-0.15, -0.1) is 6.58 Å². The molecule has 1 rings (SSSR count). The van der Waals surface area contributed by atoms with E-state index in [1.807, 2.05) is 0 Å². The molecule has 0 aliphatic rings. The summed E-state index contributed by atoms with van der Waals surface area (Å²) in [4.78, 5) is 12.6. The Labute approximate surface area is 97.0 Å². The molecule has 0 aliphatic carbocycles. The highest BCUT2D eigenvalue weighted by Crippen LogP contribution is 2.25. The second kappa shape index (κ2) is 4.89. The number of nitrogens with two attached hydrogens (primary N) is 1. The van der Waals surface area contributed by atoms with Crippen molar-refractivity contribution < 1.29 is 17.5 Å². The fraction of sp³-hybridized carbons (Fsp3) is 0.125. The Hall–Kier alpha value is -2.00. The van der Waals surface area contributed by atoms with Gasteiger partial charge in [-0.1, -0.05) is 6.08 Å². The predicted molar refractivity (Wildman–Crippen MR) is 58.6 cm³/mol. The van der Waals surface area contributed by atoms with Crippen LogP contribution in [-0.4, -0.2) is 24.9 Å². The van der Waals surface area contributed by atoms with Crippen molar-refractivity contribution in [3.05, 3.63) is 35.0 Å². The number of anilines is 1. The average Bonchev–Trinajstić information content (AvgIpc) is 2.26. The van der Waals surface area contributed by atoms with Gasteiger partial charge in [0.15, 0.2) is 4.90 Å². The fourth-order valence-corrected chi connectivity index (χ4v) is 2.03. The Bertz CT molecular complexity index is 554. The molecule has 0 atom stereocenters. The van der Waals surface area contributed by atoms with Gasteiger partial charge in [0.1, 0.15) is 12.0 Å². The number of hydrogen-bond acceptors (Lipinski definition) is 7. The van der Waals surface area contributed by atoms with E-state index < -0.39 is 25.6 Å². The van der Waals surface area contributed by atoms with Crippen LogP contribution in [0.3, 0.4) is 0 Å². The fourth-order valence-electron chi connectivity index (χ4n) is 0.983. The smallest absolute Gasteiger partial charge is 0.308 e. The summed E-state index contributed by atoms with van der Waals surface area (Å²) in [7, 11) is -4.25. The van der Waals surface area contributed by atoms with Gasteiger partial charge in [0.25, 0.3) is 0 Å². The molecular formula is C8H9N3O5S. The molecule has 0 spiro atoms. The van der Waals surface area contributed by atoms with Gasteiger partial charge in [-0.05, 0) is 0 Å². The molecule has 1 heterocycles. The van der Waals surface area contributed by atoms with Crippen LogP contribution in [0, 0.1) is 10.1 Å². The molecule has 0 fully saturated rings. The maximum absolute atomic E-state index is 11.6. The summed E-state index contributed by atoms with van der Waals surface area (Å²) in [6.45, 7) is 2.98. The molecule has 1 aromatic rings. The summed E-state index contributed by atoms with van der Waals surface area (Å²) in [5, 5.41) is 10.6. The van der Waals surface area contributed by atoms with Crippen molar-refractivity contribution in [1.82, 2.24) is 4.98 Å². The molecule has 0 aromatic carbocycles.